The Labute approximate surface area is 186 Å². The van der Waals surface area contributed by atoms with Gasteiger partial charge in [0.2, 0.25) is 5.18 Å². The van der Waals surface area contributed by atoms with E-state index >= 15 is 0 Å². The first kappa shape index (κ1) is 21.2. The van der Waals surface area contributed by atoms with E-state index in [1.165, 1.54) is 0 Å². The van der Waals surface area contributed by atoms with E-state index in [0.29, 0.717) is 18.1 Å². The van der Waals surface area contributed by atoms with Crippen LogP contribution in [0.4, 0.5) is 0 Å². The predicted octanol–water partition coefficient (Wildman–Crippen LogP) is 5.62. The maximum absolute atomic E-state index is 6.99. The average molecular weight is 447 g/mol. The molecule has 0 aliphatic carbocycles. The van der Waals surface area contributed by atoms with Gasteiger partial charge < -0.3 is 14.2 Å². The lowest BCUT2D eigenvalue weighted by Crippen LogP contribution is -2.41. The molecule has 2 aromatic carbocycles. The summed E-state index contributed by atoms with van der Waals surface area (Å²) in [6.45, 7) is 0.474. The number of aromatic nitrogens is 2. The Morgan fingerprint density at radius 1 is 1.10 bits per heavy atom. The third-order valence-electron chi connectivity index (χ3n) is 5.03. The van der Waals surface area contributed by atoms with Crippen LogP contribution in [0.1, 0.15) is 24.8 Å². The first-order valence-corrected chi connectivity index (χ1v) is 10.8. The fourth-order valence-electron chi connectivity index (χ4n) is 3.48. The van der Waals surface area contributed by atoms with Crippen LogP contribution < -0.4 is 4.74 Å². The van der Waals surface area contributed by atoms with Crippen molar-refractivity contribution in [2.45, 2.75) is 43.3 Å². The van der Waals surface area contributed by atoms with Crippen LogP contribution in [-0.2, 0) is 21.1 Å². The molecule has 2 heterocycles. The molecule has 30 heavy (non-hydrogen) atoms. The van der Waals surface area contributed by atoms with Crippen molar-refractivity contribution in [1.29, 1.82) is 0 Å². The van der Waals surface area contributed by atoms with Crippen LogP contribution >= 0.6 is 23.2 Å². The number of alkyl halides is 1. The Bertz CT molecular complexity index is 906. The van der Waals surface area contributed by atoms with E-state index in [9.17, 15) is 0 Å². The second-order valence-electron chi connectivity index (χ2n) is 7.32. The topological polar surface area (TPSA) is 45.5 Å². The van der Waals surface area contributed by atoms with Crippen molar-refractivity contribution in [1.82, 2.24) is 9.55 Å². The highest BCUT2D eigenvalue weighted by Crippen LogP contribution is 2.34. The van der Waals surface area contributed by atoms with Crippen LogP contribution in [0.25, 0.3) is 0 Å². The molecule has 1 aliphatic heterocycles. The Morgan fingerprint density at radius 2 is 1.90 bits per heavy atom. The molecule has 3 atom stereocenters. The minimum Gasteiger partial charge on any atom is -0.491 e. The molecular weight excluding hydrogens is 423 g/mol. The van der Waals surface area contributed by atoms with Gasteiger partial charge in [-0.2, -0.15) is 0 Å². The van der Waals surface area contributed by atoms with Gasteiger partial charge in [-0.15, -0.1) is 0 Å². The standard InChI is InChI=1S/C23H24Cl2N2O3/c24-19-11-9-18(10-12-19)15-23(25,27-14-13-26-17-27)30-22-8-4-7-21(29-22)16-28-20-5-2-1-3-6-20/h1-3,5-6,9-14,17,21-22H,4,7-8,15-16H2. The van der Waals surface area contributed by atoms with Gasteiger partial charge in [-0.05, 0) is 49.1 Å². The van der Waals surface area contributed by atoms with Crippen LogP contribution in [0.2, 0.25) is 5.02 Å². The number of hydrogen-bond donors (Lipinski definition) is 0. The summed E-state index contributed by atoms with van der Waals surface area (Å²) in [5.41, 5.74) is 1.00. The van der Waals surface area contributed by atoms with Gasteiger partial charge in [0.05, 0.1) is 12.4 Å². The molecule has 3 aromatic rings. The minimum atomic E-state index is -1.16. The summed E-state index contributed by atoms with van der Waals surface area (Å²) in [5.74, 6) is 0.831. The summed E-state index contributed by atoms with van der Waals surface area (Å²) >= 11 is 13.0. The molecule has 7 heteroatoms. The highest BCUT2D eigenvalue weighted by atomic mass is 35.5. The molecule has 0 spiro atoms. The lowest BCUT2D eigenvalue weighted by atomic mass is 10.1. The van der Waals surface area contributed by atoms with Crippen molar-refractivity contribution in [2.75, 3.05) is 6.61 Å². The third kappa shape index (κ3) is 5.55. The molecule has 0 bridgehead atoms. The summed E-state index contributed by atoms with van der Waals surface area (Å²) in [6, 6.07) is 17.3. The number of nitrogens with zero attached hydrogens (tertiary/aromatic N) is 2. The van der Waals surface area contributed by atoms with Crippen LogP contribution in [0.5, 0.6) is 5.75 Å². The molecule has 0 amide bonds. The van der Waals surface area contributed by atoms with E-state index < -0.39 is 11.5 Å². The second kappa shape index (κ2) is 9.84. The van der Waals surface area contributed by atoms with E-state index in [0.717, 1.165) is 30.6 Å². The molecule has 3 unspecified atom stereocenters. The summed E-state index contributed by atoms with van der Waals surface area (Å²) in [7, 11) is 0. The molecule has 1 aliphatic rings. The molecule has 1 fully saturated rings. The number of halogens is 2. The number of hydrogen-bond acceptors (Lipinski definition) is 4. The van der Waals surface area contributed by atoms with Crippen molar-refractivity contribution in [3.05, 3.63) is 83.9 Å². The van der Waals surface area contributed by atoms with Gasteiger partial charge in [-0.25, -0.2) is 4.98 Å². The zero-order valence-electron chi connectivity index (χ0n) is 16.5. The average Bonchev–Trinajstić information content (AvgIpc) is 3.31. The second-order valence-corrected chi connectivity index (χ2v) is 8.35. The van der Waals surface area contributed by atoms with Crippen LogP contribution in [0.15, 0.2) is 73.3 Å². The molecule has 1 saturated heterocycles. The van der Waals surface area contributed by atoms with Crippen LogP contribution in [0, 0.1) is 0 Å². The number of benzene rings is 2. The largest absolute Gasteiger partial charge is 0.491 e. The van der Waals surface area contributed by atoms with Gasteiger partial charge in [0.1, 0.15) is 12.4 Å². The molecular formula is C23H24Cl2N2O3. The van der Waals surface area contributed by atoms with Gasteiger partial charge >= 0.3 is 0 Å². The number of imidazole rings is 1. The number of ether oxygens (including phenoxy) is 3. The highest BCUT2D eigenvalue weighted by Gasteiger charge is 2.36. The molecule has 0 saturated carbocycles. The molecule has 1 aromatic heterocycles. The zero-order chi connectivity index (χ0) is 20.8. The van der Waals surface area contributed by atoms with E-state index in [1.54, 1.807) is 23.3 Å². The monoisotopic (exact) mass is 446 g/mol. The molecule has 4 rings (SSSR count). The fourth-order valence-corrected chi connectivity index (χ4v) is 3.96. The van der Waals surface area contributed by atoms with Crippen molar-refractivity contribution in [3.63, 3.8) is 0 Å². The summed E-state index contributed by atoms with van der Waals surface area (Å²) in [5, 5.41) is -0.476. The Hall–Kier alpha value is -2.05. The normalized spacial score (nSPS) is 21.1. The molecule has 5 nitrogen and oxygen atoms in total. The van der Waals surface area contributed by atoms with Crippen molar-refractivity contribution in [3.8, 4) is 5.75 Å². The van der Waals surface area contributed by atoms with Gasteiger partial charge in [0.25, 0.3) is 0 Å². The van der Waals surface area contributed by atoms with E-state index in [2.05, 4.69) is 4.98 Å². The lowest BCUT2D eigenvalue weighted by molar-refractivity contribution is -0.247. The maximum Gasteiger partial charge on any atom is 0.230 e. The van der Waals surface area contributed by atoms with Crippen LogP contribution in [-0.4, -0.2) is 28.6 Å². The van der Waals surface area contributed by atoms with Gasteiger partial charge in [-0.3, -0.25) is 4.57 Å². The molecule has 0 radical (unpaired) electrons. The van der Waals surface area contributed by atoms with Gasteiger partial charge in [-0.1, -0.05) is 53.5 Å². The Morgan fingerprint density at radius 3 is 2.63 bits per heavy atom. The SMILES string of the molecule is Clc1ccc(CC(Cl)(OC2CCCC(COc3ccccc3)O2)n2ccnc2)cc1. The minimum absolute atomic E-state index is 0.0526. The van der Waals surface area contributed by atoms with Gasteiger partial charge in [0.15, 0.2) is 6.29 Å². The highest BCUT2D eigenvalue weighted by molar-refractivity contribution is 6.30. The summed E-state index contributed by atoms with van der Waals surface area (Å²) in [4.78, 5) is 4.13. The van der Waals surface area contributed by atoms with Crippen molar-refractivity contribution >= 4 is 23.2 Å². The van der Waals surface area contributed by atoms with E-state index in [-0.39, 0.29) is 6.10 Å². The number of para-hydroxylation sites is 1. The van der Waals surface area contributed by atoms with E-state index in [4.69, 9.17) is 37.4 Å². The van der Waals surface area contributed by atoms with Crippen molar-refractivity contribution < 1.29 is 14.2 Å². The Kier molecular flexibility index (Phi) is 6.95. The predicted molar refractivity (Wildman–Crippen MR) is 117 cm³/mol. The lowest BCUT2D eigenvalue weighted by Gasteiger charge is -2.36. The zero-order valence-corrected chi connectivity index (χ0v) is 18.0. The fraction of sp³-hybridized carbons (Fsp3) is 0.348. The third-order valence-corrected chi connectivity index (χ3v) is 5.70. The Balaban J connectivity index is 1.42. The summed E-state index contributed by atoms with van der Waals surface area (Å²) in [6.07, 6.45) is 7.75. The first-order valence-electron chi connectivity index (χ1n) is 10.0. The smallest absolute Gasteiger partial charge is 0.230 e. The van der Waals surface area contributed by atoms with Crippen molar-refractivity contribution in [2.24, 2.45) is 0 Å². The quantitative estimate of drug-likeness (QED) is 0.421. The molecule has 0 N–H and O–H groups in total. The van der Waals surface area contributed by atoms with Gasteiger partial charge in [0, 0.05) is 23.8 Å². The molecule has 158 valence electrons. The van der Waals surface area contributed by atoms with E-state index in [1.807, 2.05) is 54.6 Å². The number of rotatable bonds is 8. The summed E-state index contributed by atoms with van der Waals surface area (Å²) < 4.78 is 20.1. The maximum atomic E-state index is 6.99. The first-order chi connectivity index (χ1) is 14.6. The van der Waals surface area contributed by atoms with Crippen LogP contribution in [0.3, 0.4) is 0 Å².